The second-order valence-electron chi connectivity index (χ2n) is 14.2. The number of hydrogen-bond acceptors (Lipinski definition) is 2. The Labute approximate surface area is 326 Å². The number of nitrogens with zero attached hydrogens (tertiary/aromatic N) is 1. The second kappa shape index (κ2) is 14.4. The molecule has 2 nitrogen and oxygen atoms in total. The fourth-order valence-electron chi connectivity index (χ4n) is 7.80. The maximum atomic E-state index is 6.50. The van der Waals surface area contributed by atoms with Crippen LogP contribution in [0.5, 0.6) is 0 Å². The first-order valence-electron chi connectivity index (χ1n) is 19.1. The summed E-state index contributed by atoms with van der Waals surface area (Å²) in [7, 11) is 0. The van der Waals surface area contributed by atoms with Crippen LogP contribution in [0, 0.1) is 0 Å². The first-order valence-corrected chi connectivity index (χ1v) is 19.1. The predicted octanol–water partition coefficient (Wildman–Crippen LogP) is 15.4. The van der Waals surface area contributed by atoms with E-state index in [9.17, 15) is 0 Å². The van der Waals surface area contributed by atoms with Crippen molar-refractivity contribution in [1.82, 2.24) is 0 Å². The van der Waals surface area contributed by atoms with Gasteiger partial charge in [0.25, 0.3) is 0 Å². The molecule has 56 heavy (non-hydrogen) atoms. The van der Waals surface area contributed by atoms with Crippen molar-refractivity contribution in [3.05, 3.63) is 223 Å². The summed E-state index contributed by atoms with van der Waals surface area (Å²) in [5.41, 5.74) is 14.6. The molecule has 1 aromatic heterocycles. The standard InChI is InChI=1S/C54H37NO/c1-5-13-41(14-6-1)51-35-44-29-28-43(34-45(44)36-52(51)42-15-7-2-8-16-42)40-26-23-38(24-27-40)21-22-39-25-31-49-50-32-30-48(37-54(50)56-53(49)33-39)55(46-17-9-3-10-18-46)47-19-11-4-12-20-47/h1-37H. The van der Waals surface area contributed by atoms with E-state index < -0.39 is 0 Å². The lowest BCUT2D eigenvalue weighted by Crippen LogP contribution is -2.09. The number of rotatable bonds is 8. The summed E-state index contributed by atoms with van der Waals surface area (Å²) in [4.78, 5) is 2.26. The summed E-state index contributed by atoms with van der Waals surface area (Å²) in [5.74, 6) is 0. The number of furan rings is 1. The van der Waals surface area contributed by atoms with E-state index in [0.717, 1.165) is 50.1 Å². The van der Waals surface area contributed by atoms with Gasteiger partial charge in [0.15, 0.2) is 0 Å². The third-order valence-electron chi connectivity index (χ3n) is 10.6. The van der Waals surface area contributed by atoms with Crippen molar-refractivity contribution < 1.29 is 4.42 Å². The Morgan fingerprint density at radius 3 is 1.45 bits per heavy atom. The van der Waals surface area contributed by atoms with Crippen LogP contribution in [-0.2, 0) is 0 Å². The van der Waals surface area contributed by atoms with Gasteiger partial charge in [0.2, 0.25) is 0 Å². The summed E-state index contributed by atoms with van der Waals surface area (Å²) in [6.45, 7) is 0. The van der Waals surface area contributed by atoms with Crippen molar-refractivity contribution in [2.24, 2.45) is 0 Å². The Morgan fingerprint density at radius 2 is 0.821 bits per heavy atom. The number of anilines is 3. The lowest BCUT2D eigenvalue weighted by molar-refractivity contribution is 0.669. The molecule has 0 atom stereocenters. The highest BCUT2D eigenvalue weighted by Gasteiger charge is 2.15. The molecule has 0 spiro atoms. The van der Waals surface area contributed by atoms with Crippen molar-refractivity contribution in [3.8, 4) is 33.4 Å². The van der Waals surface area contributed by atoms with Crippen LogP contribution < -0.4 is 4.90 Å². The van der Waals surface area contributed by atoms with Gasteiger partial charge in [-0.15, -0.1) is 0 Å². The lowest BCUT2D eigenvalue weighted by atomic mass is 9.90. The maximum Gasteiger partial charge on any atom is 0.137 e. The van der Waals surface area contributed by atoms with Gasteiger partial charge in [-0.25, -0.2) is 0 Å². The molecule has 0 radical (unpaired) electrons. The van der Waals surface area contributed by atoms with Crippen LogP contribution >= 0.6 is 0 Å². The Bertz CT molecular complexity index is 2940. The molecule has 0 saturated heterocycles. The molecule has 0 unspecified atom stereocenters. The largest absolute Gasteiger partial charge is 0.456 e. The zero-order valence-corrected chi connectivity index (χ0v) is 30.7. The molecule has 264 valence electrons. The lowest BCUT2D eigenvalue weighted by Gasteiger charge is -2.25. The van der Waals surface area contributed by atoms with Crippen LogP contribution in [0.15, 0.2) is 217 Å². The smallest absolute Gasteiger partial charge is 0.137 e. The Morgan fingerprint density at radius 1 is 0.321 bits per heavy atom. The summed E-state index contributed by atoms with van der Waals surface area (Å²) in [6.07, 6.45) is 4.33. The average molecular weight is 716 g/mol. The molecular weight excluding hydrogens is 679 g/mol. The third kappa shape index (κ3) is 6.44. The quantitative estimate of drug-likeness (QED) is 0.146. The van der Waals surface area contributed by atoms with Crippen molar-refractivity contribution in [3.63, 3.8) is 0 Å². The van der Waals surface area contributed by atoms with Crippen molar-refractivity contribution in [2.45, 2.75) is 0 Å². The van der Waals surface area contributed by atoms with E-state index in [1.165, 1.54) is 44.2 Å². The Kier molecular flexibility index (Phi) is 8.55. The van der Waals surface area contributed by atoms with E-state index in [1.54, 1.807) is 0 Å². The molecular formula is C54H37NO. The van der Waals surface area contributed by atoms with Crippen molar-refractivity contribution in [1.29, 1.82) is 0 Å². The monoisotopic (exact) mass is 715 g/mol. The molecule has 1 heterocycles. The number of hydrogen-bond donors (Lipinski definition) is 0. The molecule has 0 aliphatic rings. The van der Waals surface area contributed by atoms with Crippen LogP contribution in [0.2, 0.25) is 0 Å². The molecule has 0 bridgehead atoms. The number of benzene rings is 9. The summed E-state index contributed by atoms with van der Waals surface area (Å²) in [5, 5.41) is 4.68. The highest BCUT2D eigenvalue weighted by Crippen LogP contribution is 2.39. The van der Waals surface area contributed by atoms with Gasteiger partial charge >= 0.3 is 0 Å². The first kappa shape index (κ1) is 33.2. The summed E-state index contributed by atoms with van der Waals surface area (Å²) < 4.78 is 6.50. The Hall–Kier alpha value is -7.42. The highest BCUT2D eigenvalue weighted by atomic mass is 16.3. The SMILES string of the molecule is C(=Cc1ccc2c(c1)oc1cc(N(c3ccccc3)c3ccccc3)ccc12)c1ccc(-c2ccc3cc(-c4ccccc4)c(-c4ccccc4)cc3c2)cc1. The molecule has 10 rings (SSSR count). The second-order valence-corrected chi connectivity index (χ2v) is 14.2. The molecule has 9 aromatic carbocycles. The van der Waals surface area contributed by atoms with E-state index in [2.05, 4.69) is 217 Å². The zero-order chi connectivity index (χ0) is 37.3. The van der Waals surface area contributed by atoms with E-state index in [1.807, 2.05) is 12.1 Å². The summed E-state index contributed by atoms with van der Waals surface area (Å²) >= 11 is 0. The summed E-state index contributed by atoms with van der Waals surface area (Å²) in [6, 6.07) is 75.5. The molecule has 2 heteroatoms. The highest BCUT2D eigenvalue weighted by molar-refractivity contribution is 6.07. The predicted molar refractivity (Wildman–Crippen MR) is 238 cm³/mol. The fraction of sp³-hybridized carbons (Fsp3) is 0. The minimum atomic E-state index is 0.868. The van der Waals surface area contributed by atoms with Crippen molar-refractivity contribution >= 4 is 61.9 Å². The molecule has 0 saturated carbocycles. The molecule has 0 aliphatic carbocycles. The maximum absolute atomic E-state index is 6.50. The first-order chi connectivity index (χ1) is 27.7. The zero-order valence-electron chi connectivity index (χ0n) is 30.7. The van der Waals surface area contributed by atoms with E-state index >= 15 is 0 Å². The van der Waals surface area contributed by atoms with Gasteiger partial charge in [-0.05, 0) is 122 Å². The van der Waals surface area contributed by atoms with Gasteiger partial charge in [-0.2, -0.15) is 0 Å². The molecule has 0 fully saturated rings. The van der Waals surface area contributed by atoms with Crippen LogP contribution in [0.4, 0.5) is 17.1 Å². The van der Waals surface area contributed by atoms with Gasteiger partial charge in [-0.3, -0.25) is 0 Å². The molecule has 0 aliphatic heterocycles. The van der Waals surface area contributed by atoms with E-state index in [-0.39, 0.29) is 0 Å². The topological polar surface area (TPSA) is 16.4 Å². The van der Waals surface area contributed by atoms with Crippen LogP contribution in [0.25, 0.3) is 78.2 Å². The van der Waals surface area contributed by atoms with Crippen LogP contribution in [0.3, 0.4) is 0 Å². The van der Waals surface area contributed by atoms with Crippen molar-refractivity contribution in [2.75, 3.05) is 4.90 Å². The van der Waals surface area contributed by atoms with Crippen LogP contribution in [0.1, 0.15) is 11.1 Å². The number of fused-ring (bicyclic) bond motifs is 4. The van der Waals surface area contributed by atoms with Crippen LogP contribution in [-0.4, -0.2) is 0 Å². The third-order valence-corrected chi connectivity index (χ3v) is 10.6. The molecule has 0 amide bonds. The van der Waals surface area contributed by atoms with E-state index in [4.69, 9.17) is 4.42 Å². The minimum absolute atomic E-state index is 0.868. The van der Waals surface area contributed by atoms with Gasteiger partial charge in [-0.1, -0.05) is 152 Å². The van der Waals surface area contributed by atoms with Gasteiger partial charge in [0.05, 0.1) is 0 Å². The Balaban J connectivity index is 0.915. The normalized spacial score (nSPS) is 11.5. The van der Waals surface area contributed by atoms with Gasteiger partial charge in [0, 0.05) is 33.9 Å². The average Bonchev–Trinajstić information content (AvgIpc) is 3.64. The fourth-order valence-corrected chi connectivity index (χ4v) is 7.80. The molecule has 0 N–H and O–H groups in total. The van der Waals surface area contributed by atoms with Gasteiger partial charge < -0.3 is 9.32 Å². The van der Waals surface area contributed by atoms with Gasteiger partial charge in [0.1, 0.15) is 11.2 Å². The molecule has 10 aromatic rings. The number of para-hydroxylation sites is 2. The van der Waals surface area contributed by atoms with E-state index in [0.29, 0.717) is 0 Å². The minimum Gasteiger partial charge on any atom is -0.456 e.